The molecule has 0 aliphatic rings. The average Bonchev–Trinajstić information content (AvgIpc) is 3.01. The fourth-order valence-corrected chi connectivity index (χ4v) is 2.16. The van der Waals surface area contributed by atoms with Crippen molar-refractivity contribution in [1.29, 1.82) is 0 Å². The zero-order valence-electron chi connectivity index (χ0n) is 8.46. The fourth-order valence-electron chi connectivity index (χ4n) is 1.53. The molecule has 3 heteroatoms. The Bertz CT molecular complexity index is 569. The van der Waals surface area contributed by atoms with Crippen LogP contribution in [0.3, 0.4) is 0 Å². The summed E-state index contributed by atoms with van der Waals surface area (Å²) in [6.45, 7) is 0. The molecule has 2 heterocycles. The molecule has 0 N–H and O–H groups in total. The minimum atomic E-state index is 0.681. The third kappa shape index (κ3) is 1.66. The topological polar surface area (TPSA) is 26.0 Å². The van der Waals surface area contributed by atoms with Crippen molar-refractivity contribution in [2.24, 2.45) is 0 Å². The van der Waals surface area contributed by atoms with Gasteiger partial charge in [0.25, 0.3) is 0 Å². The summed E-state index contributed by atoms with van der Waals surface area (Å²) in [6.07, 6.45) is 1.77. The summed E-state index contributed by atoms with van der Waals surface area (Å²) >= 11 is 1.64. The van der Waals surface area contributed by atoms with Crippen molar-refractivity contribution in [3.63, 3.8) is 0 Å². The molecule has 0 bridgehead atoms. The SMILES string of the molecule is c1ccc(-c2cnc(-c3ccsc3)o2)cc1. The first-order valence-electron chi connectivity index (χ1n) is 4.97. The molecule has 3 aromatic rings. The van der Waals surface area contributed by atoms with Crippen molar-refractivity contribution >= 4 is 11.3 Å². The molecular formula is C13H9NOS. The van der Waals surface area contributed by atoms with Crippen molar-refractivity contribution in [3.8, 4) is 22.8 Å². The van der Waals surface area contributed by atoms with Gasteiger partial charge >= 0.3 is 0 Å². The Balaban J connectivity index is 2.00. The second kappa shape index (κ2) is 3.94. The molecule has 0 atom stereocenters. The first-order chi connectivity index (χ1) is 7.93. The summed E-state index contributed by atoms with van der Waals surface area (Å²) in [5.41, 5.74) is 2.09. The third-order valence-electron chi connectivity index (χ3n) is 2.33. The van der Waals surface area contributed by atoms with Gasteiger partial charge in [0.15, 0.2) is 5.76 Å². The predicted molar refractivity (Wildman–Crippen MR) is 65.3 cm³/mol. The molecule has 0 unspecified atom stereocenters. The number of oxazole rings is 1. The lowest BCUT2D eigenvalue weighted by molar-refractivity contribution is 0.589. The van der Waals surface area contributed by atoms with Crippen LogP contribution in [0.2, 0.25) is 0 Å². The Hall–Kier alpha value is -1.87. The van der Waals surface area contributed by atoms with Gasteiger partial charge in [0.05, 0.1) is 6.20 Å². The minimum Gasteiger partial charge on any atom is -0.436 e. The van der Waals surface area contributed by atoms with E-state index in [9.17, 15) is 0 Å². The van der Waals surface area contributed by atoms with E-state index in [2.05, 4.69) is 4.98 Å². The van der Waals surface area contributed by atoms with E-state index in [1.807, 2.05) is 47.2 Å². The van der Waals surface area contributed by atoms with Crippen LogP contribution in [0.15, 0.2) is 57.8 Å². The molecule has 0 radical (unpaired) electrons. The van der Waals surface area contributed by atoms with Crippen molar-refractivity contribution in [3.05, 3.63) is 53.4 Å². The molecule has 3 rings (SSSR count). The van der Waals surface area contributed by atoms with Crippen LogP contribution < -0.4 is 0 Å². The summed E-state index contributed by atoms with van der Waals surface area (Å²) in [4.78, 5) is 4.28. The van der Waals surface area contributed by atoms with Crippen LogP contribution in [0.25, 0.3) is 22.8 Å². The van der Waals surface area contributed by atoms with Crippen molar-refractivity contribution in [2.75, 3.05) is 0 Å². The third-order valence-corrected chi connectivity index (χ3v) is 3.02. The zero-order chi connectivity index (χ0) is 10.8. The molecule has 0 fully saturated rings. The van der Waals surface area contributed by atoms with Gasteiger partial charge in [-0.3, -0.25) is 0 Å². The maximum absolute atomic E-state index is 5.71. The normalized spacial score (nSPS) is 10.5. The van der Waals surface area contributed by atoms with E-state index in [0.29, 0.717) is 5.89 Å². The molecule has 0 spiro atoms. The molecule has 78 valence electrons. The molecule has 0 saturated carbocycles. The molecule has 1 aromatic carbocycles. The smallest absolute Gasteiger partial charge is 0.227 e. The summed E-state index contributed by atoms with van der Waals surface area (Å²) in [5, 5.41) is 4.04. The van der Waals surface area contributed by atoms with Gasteiger partial charge in [0.1, 0.15) is 0 Å². The van der Waals surface area contributed by atoms with Gasteiger partial charge in [-0.05, 0) is 11.4 Å². The van der Waals surface area contributed by atoms with Crippen molar-refractivity contribution < 1.29 is 4.42 Å². The Kier molecular flexibility index (Phi) is 2.31. The predicted octanol–water partition coefficient (Wildman–Crippen LogP) is 4.07. The summed E-state index contributed by atoms with van der Waals surface area (Å²) in [5.74, 6) is 1.49. The highest BCUT2D eigenvalue weighted by molar-refractivity contribution is 7.08. The van der Waals surface area contributed by atoms with Gasteiger partial charge in [0, 0.05) is 16.5 Å². The van der Waals surface area contributed by atoms with Gasteiger partial charge < -0.3 is 4.42 Å². The molecule has 16 heavy (non-hydrogen) atoms. The zero-order valence-corrected chi connectivity index (χ0v) is 9.28. The van der Waals surface area contributed by atoms with Crippen LogP contribution in [0.1, 0.15) is 0 Å². The van der Waals surface area contributed by atoms with Gasteiger partial charge in [0.2, 0.25) is 5.89 Å². The highest BCUT2D eigenvalue weighted by Crippen LogP contribution is 2.26. The van der Waals surface area contributed by atoms with Crippen molar-refractivity contribution in [2.45, 2.75) is 0 Å². The van der Waals surface area contributed by atoms with E-state index in [4.69, 9.17) is 4.42 Å². The lowest BCUT2D eigenvalue weighted by atomic mass is 10.2. The number of thiophene rings is 1. The Morgan fingerprint density at radius 1 is 1.00 bits per heavy atom. The minimum absolute atomic E-state index is 0.681. The molecule has 0 aliphatic carbocycles. The van der Waals surface area contributed by atoms with Crippen LogP contribution in [0.4, 0.5) is 0 Å². The number of hydrogen-bond acceptors (Lipinski definition) is 3. The van der Waals surface area contributed by atoms with Crippen molar-refractivity contribution in [1.82, 2.24) is 4.98 Å². The summed E-state index contributed by atoms with van der Waals surface area (Å²) in [7, 11) is 0. The van der Waals surface area contributed by atoms with E-state index in [-0.39, 0.29) is 0 Å². The van der Waals surface area contributed by atoms with Gasteiger partial charge in [-0.2, -0.15) is 11.3 Å². The lowest BCUT2D eigenvalue weighted by Crippen LogP contribution is -1.70. The standard InChI is InChI=1S/C13H9NOS/c1-2-4-10(5-3-1)12-8-14-13(15-12)11-6-7-16-9-11/h1-9H. The monoisotopic (exact) mass is 227 g/mol. The fraction of sp³-hybridized carbons (Fsp3) is 0. The van der Waals surface area contributed by atoms with E-state index < -0.39 is 0 Å². The molecular weight excluding hydrogens is 218 g/mol. The number of rotatable bonds is 2. The molecule has 0 saturated heterocycles. The van der Waals surface area contributed by atoms with Gasteiger partial charge in [-0.25, -0.2) is 4.98 Å². The first kappa shape index (κ1) is 9.36. The Morgan fingerprint density at radius 2 is 1.88 bits per heavy atom. The Labute approximate surface area is 97.2 Å². The molecule has 2 aromatic heterocycles. The van der Waals surface area contributed by atoms with E-state index in [0.717, 1.165) is 16.9 Å². The van der Waals surface area contributed by atoms with Crippen LogP contribution in [0.5, 0.6) is 0 Å². The lowest BCUT2D eigenvalue weighted by Gasteiger charge is -1.93. The number of nitrogens with zero attached hydrogens (tertiary/aromatic N) is 1. The highest BCUT2D eigenvalue weighted by atomic mass is 32.1. The average molecular weight is 227 g/mol. The second-order valence-electron chi connectivity index (χ2n) is 3.41. The first-order valence-corrected chi connectivity index (χ1v) is 5.91. The summed E-state index contributed by atoms with van der Waals surface area (Å²) in [6, 6.07) is 12.0. The quantitative estimate of drug-likeness (QED) is 0.659. The maximum Gasteiger partial charge on any atom is 0.227 e. The summed E-state index contributed by atoms with van der Waals surface area (Å²) < 4.78 is 5.71. The van der Waals surface area contributed by atoms with Gasteiger partial charge in [-0.1, -0.05) is 30.3 Å². The highest BCUT2D eigenvalue weighted by Gasteiger charge is 2.07. The number of benzene rings is 1. The van der Waals surface area contributed by atoms with Gasteiger partial charge in [-0.15, -0.1) is 0 Å². The number of aromatic nitrogens is 1. The molecule has 0 aliphatic heterocycles. The van der Waals surface area contributed by atoms with Crippen LogP contribution in [-0.2, 0) is 0 Å². The van der Waals surface area contributed by atoms with Crippen LogP contribution in [0, 0.1) is 0 Å². The molecule has 2 nitrogen and oxygen atoms in total. The Morgan fingerprint density at radius 3 is 2.62 bits per heavy atom. The van der Waals surface area contributed by atoms with Crippen LogP contribution in [-0.4, -0.2) is 4.98 Å². The van der Waals surface area contributed by atoms with E-state index in [1.165, 1.54) is 0 Å². The molecule has 0 amide bonds. The van der Waals surface area contributed by atoms with E-state index >= 15 is 0 Å². The van der Waals surface area contributed by atoms with E-state index in [1.54, 1.807) is 17.5 Å². The number of hydrogen-bond donors (Lipinski definition) is 0. The second-order valence-corrected chi connectivity index (χ2v) is 4.19. The largest absolute Gasteiger partial charge is 0.436 e. The maximum atomic E-state index is 5.71. The van der Waals surface area contributed by atoms with Crippen LogP contribution >= 0.6 is 11.3 Å².